The molecular weight excluding hydrogens is 467 g/mol. The highest BCUT2D eigenvalue weighted by atomic mass is 35.5. The monoisotopic (exact) mass is 483 g/mol. The van der Waals surface area contributed by atoms with E-state index in [9.17, 15) is 27.6 Å². The van der Waals surface area contributed by atoms with Crippen LogP contribution >= 0.6 is 11.6 Å². The zero-order chi connectivity index (χ0) is 23.8. The summed E-state index contributed by atoms with van der Waals surface area (Å²) in [7, 11) is 0. The fraction of sp³-hybridized carbons (Fsp3) is 0.286. The van der Waals surface area contributed by atoms with Crippen LogP contribution in [0.3, 0.4) is 0 Å². The minimum absolute atomic E-state index is 0.0678. The SMILES string of the molecule is O=C(Cn1cc(C(F)(F)F)cc(Cl)c1=O)Nc1c(C(=O)N2CCOCC2)oc2ccccc12. The Morgan fingerprint density at radius 1 is 1.15 bits per heavy atom. The molecule has 2 amide bonds. The Morgan fingerprint density at radius 3 is 2.55 bits per heavy atom. The van der Waals surface area contributed by atoms with Crippen molar-refractivity contribution >= 4 is 40.1 Å². The molecule has 1 aliphatic rings. The highest BCUT2D eigenvalue weighted by Crippen LogP contribution is 2.32. The van der Waals surface area contributed by atoms with Crippen molar-refractivity contribution in [3.63, 3.8) is 0 Å². The molecule has 3 aromatic rings. The number of alkyl halides is 3. The molecule has 1 aliphatic heterocycles. The third-order valence-electron chi connectivity index (χ3n) is 5.04. The summed E-state index contributed by atoms with van der Waals surface area (Å²) in [5, 5.41) is 2.27. The summed E-state index contributed by atoms with van der Waals surface area (Å²) < 4.78 is 50.7. The predicted octanol–water partition coefficient (Wildman–Crippen LogP) is 3.38. The van der Waals surface area contributed by atoms with E-state index in [4.69, 9.17) is 20.8 Å². The number of ether oxygens (including phenoxy) is 1. The van der Waals surface area contributed by atoms with Gasteiger partial charge < -0.3 is 23.9 Å². The van der Waals surface area contributed by atoms with E-state index in [1.807, 2.05) is 0 Å². The molecule has 8 nitrogen and oxygen atoms in total. The van der Waals surface area contributed by atoms with Crippen molar-refractivity contribution in [2.75, 3.05) is 31.6 Å². The topological polar surface area (TPSA) is 93.8 Å². The predicted molar refractivity (Wildman–Crippen MR) is 112 cm³/mol. The Bertz CT molecular complexity index is 1280. The van der Waals surface area contributed by atoms with E-state index in [1.165, 1.54) is 4.90 Å². The second kappa shape index (κ2) is 8.91. The Labute approximate surface area is 189 Å². The van der Waals surface area contributed by atoms with Crippen molar-refractivity contribution < 1.29 is 31.9 Å². The summed E-state index contributed by atoms with van der Waals surface area (Å²) in [6.07, 6.45) is -4.24. The molecule has 174 valence electrons. The van der Waals surface area contributed by atoms with E-state index in [-0.39, 0.29) is 11.4 Å². The molecule has 0 saturated carbocycles. The van der Waals surface area contributed by atoms with Crippen LogP contribution in [0.5, 0.6) is 0 Å². The van der Waals surface area contributed by atoms with Crippen molar-refractivity contribution in [3.05, 3.63) is 63.2 Å². The summed E-state index contributed by atoms with van der Waals surface area (Å²) in [5.41, 5.74) is -1.72. The molecule has 0 bridgehead atoms. The van der Waals surface area contributed by atoms with Gasteiger partial charge in [0, 0.05) is 24.7 Å². The van der Waals surface area contributed by atoms with Crippen LogP contribution in [0.15, 0.2) is 45.7 Å². The standard InChI is InChI=1S/C21H17ClF3N3O5/c22-14-9-12(21(23,24)25)10-28(19(14)30)11-16(29)26-17-13-3-1-2-4-15(13)33-18(17)20(31)27-5-7-32-8-6-27/h1-4,9-10H,5-8,11H2,(H,26,29). The first-order valence-electron chi connectivity index (χ1n) is 9.80. The molecule has 1 N–H and O–H groups in total. The third kappa shape index (κ3) is 4.74. The van der Waals surface area contributed by atoms with Crippen LogP contribution in [-0.4, -0.2) is 47.6 Å². The smallest absolute Gasteiger partial charge is 0.417 e. The van der Waals surface area contributed by atoms with Gasteiger partial charge >= 0.3 is 6.18 Å². The lowest BCUT2D eigenvalue weighted by atomic mass is 10.2. The molecule has 0 atom stereocenters. The molecule has 12 heteroatoms. The minimum Gasteiger partial charge on any atom is -0.449 e. The number of para-hydroxylation sites is 1. The maximum absolute atomic E-state index is 13.1. The van der Waals surface area contributed by atoms with E-state index in [1.54, 1.807) is 24.3 Å². The van der Waals surface area contributed by atoms with E-state index in [2.05, 4.69) is 5.32 Å². The lowest BCUT2D eigenvalue weighted by Crippen LogP contribution is -2.40. The second-order valence-corrected chi connectivity index (χ2v) is 7.67. The summed E-state index contributed by atoms with van der Waals surface area (Å²) in [4.78, 5) is 39.4. The van der Waals surface area contributed by atoms with Crippen LogP contribution < -0.4 is 10.9 Å². The Hall–Kier alpha value is -3.31. The van der Waals surface area contributed by atoms with E-state index in [0.717, 1.165) is 0 Å². The molecule has 0 radical (unpaired) electrons. The number of anilines is 1. The van der Waals surface area contributed by atoms with Gasteiger partial charge in [-0.1, -0.05) is 23.7 Å². The number of nitrogens with one attached hydrogen (secondary N) is 1. The number of aromatic nitrogens is 1. The second-order valence-electron chi connectivity index (χ2n) is 7.26. The van der Waals surface area contributed by atoms with E-state index < -0.39 is 40.7 Å². The van der Waals surface area contributed by atoms with Gasteiger partial charge in [0.15, 0.2) is 0 Å². The molecule has 1 saturated heterocycles. The van der Waals surface area contributed by atoms with Gasteiger partial charge in [0.2, 0.25) is 11.7 Å². The zero-order valence-electron chi connectivity index (χ0n) is 16.9. The van der Waals surface area contributed by atoms with Gasteiger partial charge in [-0.25, -0.2) is 0 Å². The fourth-order valence-corrected chi connectivity index (χ4v) is 3.66. The van der Waals surface area contributed by atoms with Gasteiger partial charge in [-0.3, -0.25) is 14.4 Å². The largest absolute Gasteiger partial charge is 0.449 e. The molecule has 3 heterocycles. The van der Waals surface area contributed by atoms with Crippen molar-refractivity contribution in [2.45, 2.75) is 12.7 Å². The molecule has 4 rings (SSSR count). The van der Waals surface area contributed by atoms with E-state index >= 15 is 0 Å². The number of carbonyl (C=O) groups is 2. The summed E-state index contributed by atoms with van der Waals surface area (Å²) in [6, 6.07) is 7.09. The number of amides is 2. The van der Waals surface area contributed by atoms with Gasteiger partial charge in [0.25, 0.3) is 11.5 Å². The first-order chi connectivity index (χ1) is 15.6. The third-order valence-corrected chi connectivity index (χ3v) is 5.31. The maximum Gasteiger partial charge on any atom is 0.417 e. The summed E-state index contributed by atoms with van der Waals surface area (Å²) >= 11 is 5.64. The quantitative estimate of drug-likeness (QED) is 0.614. The average molecular weight is 484 g/mol. The van der Waals surface area contributed by atoms with Gasteiger partial charge in [-0.15, -0.1) is 0 Å². The number of halogens is 4. The molecular formula is C21H17ClF3N3O5. The van der Waals surface area contributed by atoms with Crippen molar-refractivity contribution in [2.24, 2.45) is 0 Å². The summed E-state index contributed by atoms with van der Waals surface area (Å²) in [6.45, 7) is 0.621. The lowest BCUT2D eigenvalue weighted by molar-refractivity contribution is -0.138. The van der Waals surface area contributed by atoms with Crippen molar-refractivity contribution in [3.8, 4) is 0 Å². The number of carbonyl (C=O) groups excluding carboxylic acids is 2. The van der Waals surface area contributed by atoms with Crippen LogP contribution in [0, 0.1) is 0 Å². The number of rotatable bonds is 4. The Morgan fingerprint density at radius 2 is 1.85 bits per heavy atom. The molecule has 2 aromatic heterocycles. The highest BCUT2D eigenvalue weighted by molar-refractivity contribution is 6.30. The minimum atomic E-state index is -4.76. The fourth-order valence-electron chi connectivity index (χ4n) is 3.44. The number of morpholine rings is 1. The number of nitrogens with zero attached hydrogens (tertiary/aromatic N) is 2. The molecule has 0 unspecified atom stereocenters. The summed E-state index contributed by atoms with van der Waals surface area (Å²) in [5.74, 6) is -1.43. The average Bonchev–Trinajstić information content (AvgIpc) is 3.14. The molecule has 1 fully saturated rings. The molecule has 0 aliphatic carbocycles. The van der Waals surface area contributed by atoms with E-state index in [0.29, 0.717) is 54.1 Å². The lowest BCUT2D eigenvalue weighted by Gasteiger charge is -2.26. The van der Waals surface area contributed by atoms with Crippen LogP contribution in [-0.2, 0) is 22.3 Å². The molecule has 0 spiro atoms. The number of hydrogen-bond donors (Lipinski definition) is 1. The number of benzene rings is 1. The number of hydrogen-bond acceptors (Lipinski definition) is 5. The van der Waals surface area contributed by atoms with Crippen molar-refractivity contribution in [1.29, 1.82) is 0 Å². The van der Waals surface area contributed by atoms with Gasteiger partial charge in [-0.05, 0) is 18.2 Å². The zero-order valence-corrected chi connectivity index (χ0v) is 17.7. The molecule has 1 aromatic carbocycles. The van der Waals surface area contributed by atoms with Gasteiger partial charge in [0.1, 0.15) is 22.8 Å². The highest BCUT2D eigenvalue weighted by Gasteiger charge is 2.32. The number of fused-ring (bicyclic) bond motifs is 1. The van der Waals surface area contributed by atoms with Crippen molar-refractivity contribution in [1.82, 2.24) is 9.47 Å². The Balaban J connectivity index is 1.65. The number of pyridine rings is 1. The maximum atomic E-state index is 13.1. The number of furan rings is 1. The first-order valence-corrected chi connectivity index (χ1v) is 10.2. The first kappa shape index (κ1) is 22.9. The van der Waals surface area contributed by atoms with Crippen LogP contribution in [0.1, 0.15) is 16.1 Å². The van der Waals surface area contributed by atoms with Crippen LogP contribution in [0.4, 0.5) is 18.9 Å². The van der Waals surface area contributed by atoms with Crippen LogP contribution in [0.2, 0.25) is 5.02 Å². The van der Waals surface area contributed by atoms with Crippen LogP contribution in [0.25, 0.3) is 11.0 Å². The normalized spacial score (nSPS) is 14.5. The Kier molecular flexibility index (Phi) is 6.17. The van der Waals surface area contributed by atoms with Gasteiger partial charge in [-0.2, -0.15) is 13.2 Å². The molecule has 33 heavy (non-hydrogen) atoms. The van der Waals surface area contributed by atoms with Gasteiger partial charge in [0.05, 0.1) is 18.8 Å².